The zero-order valence-corrected chi connectivity index (χ0v) is 7.47. The molecule has 0 bridgehead atoms. The number of fused-ring (bicyclic) bond motifs is 1. The molecule has 0 aliphatic carbocycles. The Balaban J connectivity index is 2.49. The first-order chi connectivity index (χ1) is 6.50. The van der Waals surface area contributed by atoms with Crippen molar-refractivity contribution in [3.63, 3.8) is 0 Å². The van der Waals surface area contributed by atoms with Crippen LogP contribution in [0.15, 0.2) is 0 Å². The number of nitrogens with one attached hydrogen (secondary N) is 1. The molecule has 0 fully saturated rings. The lowest BCUT2D eigenvalue weighted by molar-refractivity contribution is -0.148. The zero-order chi connectivity index (χ0) is 10.3. The van der Waals surface area contributed by atoms with Gasteiger partial charge in [-0.1, -0.05) is 0 Å². The summed E-state index contributed by atoms with van der Waals surface area (Å²) in [6.45, 7) is 2.55. The van der Waals surface area contributed by atoms with E-state index in [4.69, 9.17) is 0 Å². The highest BCUT2D eigenvalue weighted by atomic mass is 19.4. The summed E-state index contributed by atoms with van der Waals surface area (Å²) in [4.78, 5) is 0. The lowest BCUT2D eigenvalue weighted by Crippen LogP contribution is -2.33. The Bertz CT molecular complexity index is 343. The molecule has 1 N–H and O–H groups in total. The fourth-order valence-electron chi connectivity index (χ4n) is 1.58. The first kappa shape index (κ1) is 9.45. The lowest BCUT2D eigenvalue weighted by atomic mass is 10.2. The third kappa shape index (κ3) is 1.37. The fraction of sp³-hybridized carbons (Fsp3) is 0.714. The van der Waals surface area contributed by atoms with E-state index in [-0.39, 0.29) is 6.04 Å². The number of aromatic nitrogens is 3. The largest absolute Gasteiger partial charge is 0.451 e. The Kier molecular flexibility index (Phi) is 1.99. The second-order valence-electron chi connectivity index (χ2n) is 3.29. The molecule has 7 heteroatoms. The van der Waals surface area contributed by atoms with Gasteiger partial charge in [0.15, 0.2) is 0 Å². The van der Waals surface area contributed by atoms with E-state index >= 15 is 0 Å². The number of nitrogens with zero attached hydrogens (tertiary/aromatic N) is 3. The Morgan fingerprint density at radius 3 is 2.79 bits per heavy atom. The van der Waals surface area contributed by atoms with Gasteiger partial charge in [-0.25, -0.2) is 0 Å². The molecule has 1 aliphatic heterocycles. The SMILES string of the molecule is CC1CNCc2nnc(C(F)(F)F)n21. The van der Waals surface area contributed by atoms with E-state index in [9.17, 15) is 13.2 Å². The van der Waals surface area contributed by atoms with E-state index in [1.165, 1.54) is 0 Å². The second kappa shape index (κ2) is 2.94. The molecule has 78 valence electrons. The van der Waals surface area contributed by atoms with Crippen LogP contribution in [0.3, 0.4) is 0 Å². The van der Waals surface area contributed by atoms with Crippen molar-refractivity contribution in [3.05, 3.63) is 11.6 Å². The van der Waals surface area contributed by atoms with Crippen LogP contribution >= 0.6 is 0 Å². The highest BCUT2D eigenvalue weighted by Gasteiger charge is 2.40. The molecule has 0 amide bonds. The molecular formula is C7H9F3N4. The molecule has 1 atom stereocenters. The summed E-state index contributed by atoms with van der Waals surface area (Å²) < 4.78 is 38.5. The van der Waals surface area contributed by atoms with Crippen molar-refractivity contribution in [2.75, 3.05) is 6.54 Å². The summed E-state index contributed by atoms with van der Waals surface area (Å²) in [7, 11) is 0. The van der Waals surface area contributed by atoms with Crippen LogP contribution < -0.4 is 5.32 Å². The van der Waals surface area contributed by atoms with Gasteiger partial charge < -0.3 is 9.88 Å². The molecule has 0 spiro atoms. The molecule has 1 aromatic heterocycles. The van der Waals surface area contributed by atoms with Crippen LogP contribution in [-0.4, -0.2) is 21.3 Å². The minimum atomic E-state index is -4.42. The topological polar surface area (TPSA) is 42.7 Å². The highest BCUT2D eigenvalue weighted by Crippen LogP contribution is 2.30. The fourth-order valence-corrected chi connectivity index (χ4v) is 1.58. The molecule has 0 radical (unpaired) electrons. The van der Waals surface area contributed by atoms with Crippen molar-refractivity contribution in [2.24, 2.45) is 0 Å². The Morgan fingerprint density at radius 1 is 1.43 bits per heavy atom. The second-order valence-corrected chi connectivity index (χ2v) is 3.29. The molecule has 2 heterocycles. The van der Waals surface area contributed by atoms with Gasteiger partial charge in [0.25, 0.3) is 0 Å². The molecule has 0 saturated heterocycles. The maximum atomic E-state index is 12.4. The number of alkyl halides is 3. The van der Waals surface area contributed by atoms with Gasteiger partial charge in [0.05, 0.1) is 6.54 Å². The van der Waals surface area contributed by atoms with E-state index in [1.54, 1.807) is 6.92 Å². The molecule has 4 nitrogen and oxygen atoms in total. The summed E-state index contributed by atoms with van der Waals surface area (Å²) >= 11 is 0. The molecule has 1 aromatic rings. The maximum Gasteiger partial charge on any atom is 0.451 e. The lowest BCUT2D eigenvalue weighted by Gasteiger charge is -2.23. The van der Waals surface area contributed by atoms with Gasteiger partial charge in [0.2, 0.25) is 5.82 Å². The van der Waals surface area contributed by atoms with Gasteiger partial charge in [-0.05, 0) is 6.92 Å². The normalized spacial score (nSPS) is 22.1. The van der Waals surface area contributed by atoms with E-state index in [1.807, 2.05) is 0 Å². The van der Waals surface area contributed by atoms with E-state index < -0.39 is 12.0 Å². The molecule has 1 aliphatic rings. The van der Waals surface area contributed by atoms with Gasteiger partial charge in [0, 0.05) is 12.6 Å². The van der Waals surface area contributed by atoms with E-state index in [2.05, 4.69) is 15.5 Å². The van der Waals surface area contributed by atoms with Gasteiger partial charge >= 0.3 is 6.18 Å². The summed E-state index contributed by atoms with van der Waals surface area (Å²) in [5, 5.41) is 9.64. The van der Waals surface area contributed by atoms with E-state index in [0.717, 1.165) is 4.57 Å². The molecule has 1 unspecified atom stereocenters. The standard InChI is InChI=1S/C7H9F3N4/c1-4-2-11-3-5-12-13-6(14(4)5)7(8,9)10/h4,11H,2-3H2,1H3. The average molecular weight is 206 g/mol. The van der Waals surface area contributed by atoms with Crippen LogP contribution in [0, 0.1) is 0 Å². The van der Waals surface area contributed by atoms with Crippen LogP contribution in [0.1, 0.15) is 24.6 Å². The van der Waals surface area contributed by atoms with Gasteiger partial charge in [-0.2, -0.15) is 13.2 Å². The summed E-state index contributed by atoms with van der Waals surface area (Å²) in [6, 6.07) is -0.259. The number of hydrogen-bond donors (Lipinski definition) is 1. The van der Waals surface area contributed by atoms with Crippen molar-refractivity contribution >= 4 is 0 Å². The number of hydrogen-bond acceptors (Lipinski definition) is 3. The Labute approximate surface area is 78.1 Å². The minimum Gasteiger partial charge on any atom is -0.308 e. The van der Waals surface area contributed by atoms with Crippen LogP contribution in [0.2, 0.25) is 0 Å². The number of rotatable bonds is 0. The van der Waals surface area contributed by atoms with Gasteiger partial charge in [-0.15, -0.1) is 10.2 Å². The third-order valence-electron chi connectivity index (χ3n) is 2.18. The zero-order valence-electron chi connectivity index (χ0n) is 7.47. The van der Waals surface area contributed by atoms with Crippen molar-refractivity contribution in [3.8, 4) is 0 Å². The monoisotopic (exact) mass is 206 g/mol. The van der Waals surface area contributed by atoms with Gasteiger partial charge in [0.1, 0.15) is 5.82 Å². The highest BCUT2D eigenvalue weighted by molar-refractivity contribution is 5.04. The van der Waals surface area contributed by atoms with Crippen molar-refractivity contribution in [1.82, 2.24) is 20.1 Å². The molecular weight excluding hydrogens is 197 g/mol. The first-order valence-electron chi connectivity index (χ1n) is 4.22. The maximum absolute atomic E-state index is 12.4. The molecule has 0 aromatic carbocycles. The van der Waals surface area contributed by atoms with Crippen LogP contribution in [0.4, 0.5) is 13.2 Å². The summed E-state index contributed by atoms with van der Waals surface area (Å²) in [5.74, 6) is -0.558. The van der Waals surface area contributed by atoms with Crippen molar-refractivity contribution in [2.45, 2.75) is 25.7 Å². The first-order valence-corrected chi connectivity index (χ1v) is 4.22. The minimum absolute atomic E-state index is 0.259. The Morgan fingerprint density at radius 2 is 2.14 bits per heavy atom. The molecule has 14 heavy (non-hydrogen) atoms. The Hall–Kier alpha value is -1.11. The quantitative estimate of drug-likeness (QED) is 0.687. The van der Waals surface area contributed by atoms with Crippen molar-refractivity contribution in [1.29, 1.82) is 0 Å². The predicted molar refractivity (Wildman–Crippen MR) is 41.4 cm³/mol. The van der Waals surface area contributed by atoms with Gasteiger partial charge in [-0.3, -0.25) is 0 Å². The molecule has 0 saturated carbocycles. The van der Waals surface area contributed by atoms with E-state index in [0.29, 0.717) is 18.9 Å². The summed E-state index contributed by atoms with van der Waals surface area (Å²) in [6.07, 6.45) is -4.42. The third-order valence-corrected chi connectivity index (χ3v) is 2.18. The smallest absolute Gasteiger partial charge is 0.308 e. The summed E-state index contributed by atoms with van der Waals surface area (Å²) in [5.41, 5.74) is 0. The number of halogens is 3. The predicted octanol–water partition coefficient (Wildman–Crippen LogP) is 0.961. The van der Waals surface area contributed by atoms with Crippen LogP contribution in [-0.2, 0) is 12.7 Å². The van der Waals surface area contributed by atoms with Crippen molar-refractivity contribution < 1.29 is 13.2 Å². The molecule has 2 rings (SSSR count). The van der Waals surface area contributed by atoms with Crippen LogP contribution in [0.25, 0.3) is 0 Å². The average Bonchev–Trinajstić information content (AvgIpc) is 2.47. The van der Waals surface area contributed by atoms with Crippen LogP contribution in [0.5, 0.6) is 0 Å².